The number of hydrogen-bond acceptors (Lipinski definition) is 5. The summed E-state index contributed by atoms with van der Waals surface area (Å²) in [6, 6.07) is 24.7. The number of nitrogens with zero attached hydrogens (tertiary/aromatic N) is 1. The normalized spacial score (nSPS) is 10.4. The van der Waals surface area contributed by atoms with Crippen molar-refractivity contribution < 1.29 is 14.3 Å². The molecule has 0 aliphatic carbocycles. The van der Waals surface area contributed by atoms with E-state index in [4.69, 9.17) is 33.7 Å². The van der Waals surface area contributed by atoms with E-state index in [0.717, 1.165) is 34.5 Å². The van der Waals surface area contributed by atoms with Crippen LogP contribution in [0.2, 0.25) is 10.0 Å². The topological polar surface area (TPSA) is 110 Å². The molecule has 0 spiro atoms. The van der Waals surface area contributed by atoms with Gasteiger partial charge < -0.3 is 20.8 Å². The molecule has 5 rings (SSSR count). The molecule has 0 saturated heterocycles. The number of imidazole rings is 1. The van der Waals surface area contributed by atoms with Gasteiger partial charge in [-0.05, 0) is 78.9 Å². The molecule has 5 aromatic rings. The molecule has 0 aliphatic rings. The lowest BCUT2D eigenvalue weighted by Crippen LogP contribution is -2.13. The summed E-state index contributed by atoms with van der Waals surface area (Å²) < 4.78 is 4.90. The first-order valence-electron chi connectivity index (χ1n) is 11.1. The maximum atomic E-state index is 12.5. The van der Waals surface area contributed by atoms with E-state index >= 15 is 0 Å². The molecule has 0 aliphatic heterocycles. The molecule has 7 nitrogen and oxygen atoms in total. The number of anilines is 2. The lowest BCUT2D eigenvalue weighted by molar-refractivity contribution is 0.102. The number of nitrogens with two attached hydrogens (primary N) is 1. The molecule has 0 unspecified atom stereocenters. The van der Waals surface area contributed by atoms with Gasteiger partial charge in [-0.25, -0.2) is 4.98 Å². The van der Waals surface area contributed by atoms with Gasteiger partial charge in [-0.2, -0.15) is 0 Å². The number of carbonyl (C=O) groups is 2. The van der Waals surface area contributed by atoms with Crippen LogP contribution in [-0.4, -0.2) is 29.3 Å². The van der Waals surface area contributed by atoms with Crippen molar-refractivity contribution in [1.82, 2.24) is 9.97 Å². The Kier molecular flexibility index (Phi) is 8.08. The predicted octanol–water partition coefficient (Wildman–Crippen LogP) is 6.88. The van der Waals surface area contributed by atoms with Crippen LogP contribution in [-0.2, 0) is 0 Å². The Morgan fingerprint density at radius 2 is 1.65 bits per heavy atom. The minimum atomic E-state index is -0.372. The second-order valence-corrected chi connectivity index (χ2v) is 8.70. The number of methoxy groups -OCH3 is 1. The van der Waals surface area contributed by atoms with Crippen LogP contribution in [0.4, 0.5) is 11.4 Å². The summed E-state index contributed by atoms with van der Waals surface area (Å²) in [6.07, 6.45) is 0.805. The third-order valence-corrected chi connectivity index (χ3v) is 6.00. The Morgan fingerprint density at radius 3 is 2.27 bits per heavy atom. The Labute approximate surface area is 223 Å². The molecule has 4 N–H and O–H groups in total. The van der Waals surface area contributed by atoms with Gasteiger partial charge in [-0.3, -0.25) is 9.59 Å². The first kappa shape index (κ1) is 25.8. The number of benzene rings is 4. The van der Waals surface area contributed by atoms with E-state index in [1.165, 1.54) is 0 Å². The second-order valence-electron chi connectivity index (χ2n) is 7.88. The van der Waals surface area contributed by atoms with Gasteiger partial charge in [-0.1, -0.05) is 29.3 Å². The van der Waals surface area contributed by atoms with Crippen molar-refractivity contribution in [3.8, 4) is 17.1 Å². The molecule has 37 heavy (non-hydrogen) atoms. The molecule has 1 aromatic heterocycles. The minimum Gasteiger partial charge on any atom is -0.497 e. The quantitative estimate of drug-likeness (QED) is 0.169. The van der Waals surface area contributed by atoms with Crippen LogP contribution >= 0.6 is 23.2 Å². The highest BCUT2D eigenvalue weighted by molar-refractivity contribution is 6.40. The molecule has 186 valence electrons. The van der Waals surface area contributed by atoms with E-state index in [-0.39, 0.29) is 11.5 Å². The summed E-state index contributed by atoms with van der Waals surface area (Å²) >= 11 is 12.2. The average Bonchev–Trinajstić information content (AvgIpc) is 3.33. The van der Waals surface area contributed by atoms with E-state index < -0.39 is 0 Å². The standard InChI is InChI=1S/C20H14Cl2N4O.C8H8O2/c21-14-2-1-3-15(22)18(14)20(27)24-13-8-9-16-17(10-13)26-19(25-16)11-4-6-12(23)7-5-11;1-10-8-4-2-7(6-9)3-5-8/h1-10H,23H2,(H,24,27)(H,25,26);2-6H,1H3. The molecule has 4 aromatic carbocycles. The van der Waals surface area contributed by atoms with Crippen LogP contribution in [0.5, 0.6) is 5.75 Å². The number of nitrogen functional groups attached to an aromatic ring is 1. The molecule has 1 amide bonds. The van der Waals surface area contributed by atoms with Gasteiger partial charge in [0.25, 0.3) is 5.91 Å². The van der Waals surface area contributed by atoms with Gasteiger partial charge in [0.15, 0.2) is 0 Å². The lowest BCUT2D eigenvalue weighted by Gasteiger charge is -2.08. The number of aromatic amines is 1. The number of amides is 1. The zero-order chi connectivity index (χ0) is 26.4. The molecular formula is C28H22Cl2N4O3. The highest BCUT2D eigenvalue weighted by Gasteiger charge is 2.15. The number of halogens is 2. The van der Waals surface area contributed by atoms with Crippen LogP contribution in [0, 0.1) is 0 Å². The maximum Gasteiger partial charge on any atom is 0.258 e. The van der Waals surface area contributed by atoms with Gasteiger partial charge in [0.05, 0.1) is 33.8 Å². The second kappa shape index (κ2) is 11.6. The molecule has 0 radical (unpaired) electrons. The smallest absolute Gasteiger partial charge is 0.258 e. The zero-order valence-electron chi connectivity index (χ0n) is 19.7. The highest BCUT2D eigenvalue weighted by atomic mass is 35.5. The summed E-state index contributed by atoms with van der Waals surface area (Å²) in [5.41, 5.74) is 10.4. The molecule has 0 bridgehead atoms. The molecule has 1 heterocycles. The predicted molar refractivity (Wildman–Crippen MR) is 149 cm³/mol. The molecule has 0 fully saturated rings. The summed E-state index contributed by atoms with van der Waals surface area (Å²) in [5.74, 6) is 1.12. The van der Waals surface area contributed by atoms with Crippen molar-refractivity contribution >= 4 is 57.8 Å². The number of aldehydes is 1. The van der Waals surface area contributed by atoms with Crippen molar-refractivity contribution in [2.75, 3.05) is 18.2 Å². The van der Waals surface area contributed by atoms with Crippen LogP contribution in [0.15, 0.2) is 84.9 Å². The lowest BCUT2D eigenvalue weighted by atomic mass is 10.2. The summed E-state index contributed by atoms with van der Waals surface area (Å²) in [4.78, 5) is 30.5. The van der Waals surface area contributed by atoms with Crippen LogP contribution in [0.1, 0.15) is 20.7 Å². The fourth-order valence-electron chi connectivity index (χ4n) is 3.46. The third kappa shape index (κ3) is 6.27. The Bertz CT molecular complexity index is 1530. The van der Waals surface area contributed by atoms with Crippen molar-refractivity contribution in [2.24, 2.45) is 0 Å². The average molecular weight is 533 g/mol. The Hall–Kier alpha value is -4.33. The van der Waals surface area contributed by atoms with E-state index in [1.807, 2.05) is 36.4 Å². The van der Waals surface area contributed by atoms with Gasteiger partial charge in [0.2, 0.25) is 0 Å². The van der Waals surface area contributed by atoms with E-state index in [9.17, 15) is 9.59 Å². The minimum absolute atomic E-state index is 0.244. The van der Waals surface area contributed by atoms with Gasteiger partial charge >= 0.3 is 0 Å². The van der Waals surface area contributed by atoms with Crippen LogP contribution < -0.4 is 15.8 Å². The summed E-state index contributed by atoms with van der Waals surface area (Å²) in [5, 5.41) is 3.41. The van der Waals surface area contributed by atoms with E-state index in [2.05, 4.69) is 15.3 Å². The fraction of sp³-hybridized carbons (Fsp3) is 0.0357. The largest absolute Gasteiger partial charge is 0.497 e. The molecule has 0 saturated carbocycles. The zero-order valence-corrected chi connectivity index (χ0v) is 21.2. The van der Waals surface area contributed by atoms with Crippen molar-refractivity contribution in [3.05, 3.63) is 106 Å². The number of fused-ring (bicyclic) bond motifs is 1. The maximum absolute atomic E-state index is 12.5. The van der Waals surface area contributed by atoms with Crippen molar-refractivity contribution in [3.63, 3.8) is 0 Å². The number of rotatable bonds is 5. The number of ether oxygens (including phenoxy) is 1. The van der Waals surface area contributed by atoms with Gasteiger partial charge in [0.1, 0.15) is 17.9 Å². The number of carbonyl (C=O) groups excluding carboxylic acids is 2. The van der Waals surface area contributed by atoms with Crippen molar-refractivity contribution in [2.45, 2.75) is 0 Å². The highest BCUT2D eigenvalue weighted by Crippen LogP contribution is 2.27. The Balaban J connectivity index is 0.000000270. The van der Waals surface area contributed by atoms with Crippen molar-refractivity contribution in [1.29, 1.82) is 0 Å². The van der Waals surface area contributed by atoms with Gasteiger partial charge in [-0.15, -0.1) is 0 Å². The molecule has 0 atom stereocenters. The van der Waals surface area contributed by atoms with Crippen LogP contribution in [0.3, 0.4) is 0 Å². The summed E-state index contributed by atoms with van der Waals surface area (Å²) in [7, 11) is 1.59. The van der Waals surface area contributed by atoms with Gasteiger partial charge in [0, 0.05) is 22.5 Å². The van der Waals surface area contributed by atoms with Crippen LogP contribution in [0.25, 0.3) is 22.4 Å². The number of nitrogens with one attached hydrogen (secondary N) is 2. The number of hydrogen-bond donors (Lipinski definition) is 3. The first-order chi connectivity index (χ1) is 17.9. The van der Waals surface area contributed by atoms with E-state index in [1.54, 1.807) is 55.6 Å². The third-order valence-electron chi connectivity index (χ3n) is 5.37. The number of H-pyrrole nitrogens is 1. The molecular weight excluding hydrogens is 511 g/mol. The van der Waals surface area contributed by atoms with E-state index in [0.29, 0.717) is 27.0 Å². The SMILES string of the molecule is COc1ccc(C=O)cc1.Nc1ccc(-c2nc3ccc(NC(=O)c4c(Cl)cccc4Cl)cc3[nH]2)cc1. The summed E-state index contributed by atoms with van der Waals surface area (Å²) in [6.45, 7) is 0. The number of aromatic nitrogens is 2. The first-order valence-corrected chi connectivity index (χ1v) is 11.8. The Morgan fingerprint density at radius 1 is 0.973 bits per heavy atom. The monoisotopic (exact) mass is 532 g/mol. The molecule has 9 heteroatoms. The fourth-order valence-corrected chi connectivity index (χ4v) is 4.02.